The van der Waals surface area contributed by atoms with Crippen LogP contribution in [0.3, 0.4) is 0 Å². The highest BCUT2D eigenvalue weighted by atomic mass is 32.2. The number of rotatable bonds is 6. The normalized spacial score (nSPS) is 18.5. The van der Waals surface area contributed by atoms with Crippen LogP contribution in [0.25, 0.3) is 0 Å². The molecule has 0 unspecified atom stereocenters. The quantitative estimate of drug-likeness (QED) is 0.667. The van der Waals surface area contributed by atoms with Crippen LogP contribution in [0.15, 0.2) is 29.2 Å². The van der Waals surface area contributed by atoms with Crippen molar-refractivity contribution in [2.45, 2.75) is 49.6 Å². The summed E-state index contributed by atoms with van der Waals surface area (Å²) < 4.78 is 26.8. The van der Waals surface area contributed by atoms with E-state index in [1.54, 1.807) is 0 Å². The molecule has 0 aromatic heterocycles. The van der Waals surface area contributed by atoms with Gasteiger partial charge in [-0.1, -0.05) is 12.8 Å². The summed E-state index contributed by atoms with van der Waals surface area (Å²) in [4.78, 5) is 23.3. The molecule has 0 spiro atoms. The highest BCUT2D eigenvalue weighted by molar-refractivity contribution is 7.89. The number of aliphatic hydroxyl groups excluding tert-OH is 1. The summed E-state index contributed by atoms with van der Waals surface area (Å²) >= 11 is 0. The minimum absolute atomic E-state index is 0.0984. The number of aliphatic carboxylic acids is 1. The van der Waals surface area contributed by atoms with Crippen LogP contribution in [0.5, 0.6) is 0 Å². The molecule has 1 aliphatic rings. The molecule has 2 rings (SSSR count). The van der Waals surface area contributed by atoms with Crippen LogP contribution in [0.2, 0.25) is 0 Å². The van der Waals surface area contributed by atoms with E-state index in [1.807, 2.05) is 0 Å². The van der Waals surface area contributed by atoms with E-state index in [4.69, 9.17) is 5.11 Å². The molecular weight excluding hydrogens is 360 g/mol. The molecule has 1 fully saturated rings. The maximum Gasteiger partial charge on any atom is 0.328 e. The van der Waals surface area contributed by atoms with Gasteiger partial charge in [0.25, 0.3) is 5.91 Å². The van der Waals surface area contributed by atoms with E-state index in [1.165, 1.54) is 35.5 Å². The first-order valence-electron chi connectivity index (χ1n) is 8.55. The van der Waals surface area contributed by atoms with Crippen molar-refractivity contribution in [1.82, 2.24) is 9.62 Å². The van der Waals surface area contributed by atoms with Crippen LogP contribution in [-0.4, -0.2) is 60.0 Å². The van der Waals surface area contributed by atoms with Gasteiger partial charge in [-0.3, -0.25) is 4.79 Å². The highest BCUT2D eigenvalue weighted by Crippen LogP contribution is 2.20. The third kappa shape index (κ3) is 4.80. The van der Waals surface area contributed by atoms with Gasteiger partial charge in [-0.05, 0) is 44.0 Å². The average Bonchev–Trinajstić information content (AvgIpc) is 2.89. The van der Waals surface area contributed by atoms with E-state index in [0.29, 0.717) is 13.1 Å². The lowest BCUT2D eigenvalue weighted by Gasteiger charge is -2.20. The third-order valence-electron chi connectivity index (χ3n) is 4.35. The van der Waals surface area contributed by atoms with E-state index in [2.05, 4.69) is 5.32 Å². The zero-order valence-electron chi connectivity index (χ0n) is 14.6. The zero-order valence-corrected chi connectivity index (χ0v) is 15.4. The molecule has 0 aliphatic carbocycles. The number of aliphatic hydroxyl groups is 1. The predicted octanol–water partition coefficient (Wildman–Crippen LogP) is 0.815. The Labute approximate surface area is 152 Å². The Balaban J connectivity index is 2.14. The van der Waals surface area contributed by atoms with Gasteiger partial charge in [0.2, 0.25) is 10.0 Å². The van der Waals surface area contributed by atoms with Crippen LogP contribution in [0, 0.1) is 0 Å². The fraction of sp³-hybridized carbons (Fsp3) is 0.529. The number of nitrogens with zero attached hydrogens (tertiary/aromatic N) is 1. The lowest BCUT2D eigenvalue weighted by atomic mass is 10.1. The average molecular weight is 384 g/mol. The second kappa shape index (κ2) is 8.61. The molecule has 2 atom stereocenters. The van der Waals surface area contributed by atoms with E-state index < -0.39 is 34.0 Å². The molecule has 1 aromatic rings. The maximum atomic E-state index is 12.7. The van der Waals surface area contributed by atoms with Crippen LogP contribution < -0.4 is 5.32 Å². The smallest absolute Gasteiger partial charge is 0.328 e. The molecule has 26 heavy (non-hydrogen) atoms. The van der Waals surface area contributed by atoms with Gasteiger partial charge < -0.3 is 15.5 Å². The number of carbonyl (C=O) groups is 2. The number of hydrogen-bond donors (Lipinski definition) is 3. The summed E-state index contributed by atoms with van der Waals surface area (Å²) in [6.07, 6.45) is 2.42. The van der Waals surface area contributed by atoms with Crippen molar-refractivity contribution in [3.8, 4) is 0 Å². The SMILES string of the molecule is C[C@H](O)[C@@H](NC(=O)c1ccc(S(=O)(=O)N2CCCCCC2)cc1)C(=O)O. The molecular formula is C17H24N2O6S. The summed E-state index contributed by atoms with van der Waals surface area (Å²) in [6.45, 7) is 2.23. The molecule has 3 N–H and O–H groups in total. The van der Waals surface area contributed by atoms with Crippen molar-refractivity contribution in [3.63, 3.8) is 0 Å². The van der Waals surface area contributed by atoms with Crippen molar-refractivity contribution in [3.05, 3.63) is 29.8 Å². The molecule has 0 radical (unpaired) electrons. The molecule has 1 amide bonds. The Kier molecular flexibility index (Phi) is 6.74. The predicted molar refractivity (Wildman–Crippen MR) is 94.2 cm³/mol. The first-order valence-corrected chi connectivity index (χ1v) is 9.99. The zero-order chi connectivity index (χ0) is 19.3. The second-order valence-corrected chi connectivity index (χ2v) is 8.31. The van der Waals surface area contributed by atoms with E-state index >= 15 is 0 Å². The lowest BCUT2D eigenvalue weighted by molar-refractivity contribution is -0.141. The number of carboxylic acids is 1. The largest absolute Gasteiger partial charge is 0.480 e. The summed E-state index contributed by atoms with van der Waals surface area (Å²) in [6, 6.07) is 3.91. The van der Waals surface area contributed by atoms with E-state index in [9.17, 15) is 23.1 Å². The molecule has 1 saturated heterocycles. The minimum Gasteiger partial charge on any atom is -0.480 e. The number of amides is 1. The molecule has 8 nitrogen and oxygen atoms in total. The van der Waals surface area contributed by atoms with Crippen LogP contribution in [0.4, 0.5) is 0 Å². The first kappa shape index (κ1) is 20.3. The van der Waals surface area contributed by atoms with Gasteiger partial charge >= 0.3 is 5.97 Å². The molecule has 1 aliphatic heterocycles. The monoisotopic (exact) mass is 384 g/mol. The highest BCUT2D eigenvalue weighted by Gasteiger charge is 2.27. The summed E-state index contributed by atoms with van der Waals surface area (Å²) in [5.41, 5.74) is 0.117. The number of sulfonamides is 1. The maximum absolute atomic E-state index is 12.7. The molecule has 9 heteroatoms. The summed E-state index contributed by atoms with van der Waals surface area (Å²) in [7, 11) is -3.61. The Morgan fingerprint density at radius 3 is 2.08 bits per heavy atom. The van der Waals surface area contributed by atoms with Gasteiger partial charge in [-0.2, -0.15) is 4.31 Å². The summed E-state index contributed by atoms with van der Waals surface area (Å²) in [5.74, 6) is -2.05. The molecule has 1 heterocycles. The number of hydrogen-bond acceptors (Lipinski definition) is 5. The van der Waals surface area contributed by atoms with Gasteiger partial charge in [-0.25, -0.2) is 13.2 Å². The van der Waals surface area contributed by atoms with E-state index in [0.717, 1.165) is 25.7 Å². The van der Waals surface area contributed by atoms with Gasteiger partial charge in [0.1, 0.15) is 0 Å². The Morgan fingerprint density at radius 2 is 1.62 bits per heavy atom. The number of carbonyl (C=O) groups excluding carboxylic acids is 1. The van der Waals surface area contributed by atoms with Crippen molar-refractivity contribution >= 4 is 21.9 Å². The first-order chi connectivity index (χ1) is 12.2. The van der Waals surface area contributed by atoms with Crippen LogP contribution in [0.1, 0.15) is 43.0 Å². The molecule has 144 valence electrons. The molecule has 0 bridgehead atoms. The lowest BCUT2D eigenvalue weighted by Crippen LogP contribution is -2.47. The molecule has 0 saturated carbocycles. The van der Waals surface area contributed by atoms with Gasteiger partial charge in [0.05, 0.1) is 11.0 Å². The van der Waals surface area contributed by atoms with Crippen LogP contribution >= 0.6 is 0 Å². The van der Waals surface area contributed by atoms with Gasteiger partial charge in [-0.15, -0.1) is 0 Å². The minimum atomic E-state index is -3.61. The Bertz CT molecular complexity index is 737. The van der Waals surface area contributed by atoms with Crippen LogP contribution in [-0.2, 0) is 14.8 Å². The van der Waals surface area contributed by atoms with Crippen molar-refractivity contribution in [2.75, 3.05) is 13.1 Å². The molecule has 1 aromatic carbocycles. The summed E-state index contributed by atoms with van der Waals surface area (Å²) in [5, 5.41) is 20.6. The van der Waals surface area contributed by atoms with Crippen molar-refractivity contribution in [2.24, 2.45) is 0 Å². The topological polar surface area (TPSA) is 124 Å². The Morgan fingerprint density at radius 1 is 1.08 bits per heavy atom. The van der Waals surface area contributed by atoms with E-state index in [-0.39, 0.29) is 10.5 Å². The Hall–Kier alpha value is -1.97. The second-order valence-electron chi connectivity index (χ2n) is 6.37. The van der Waals surface area contributed by atoms with Gasteiger partial charge in [0.15, 0.2) is 6.04 Å². The fourth-order valence-corrected chi connectivity index (χ4v) is 4.34. The number of carboxylic acid groups (broad SMARTS) is 1. The number of nitrogens with one attached hydrogen (secondary N) is 1. The fourth-order valence-electron chi connectivity index (χ4n) is 2.82. The standard InChI is InChI=1S/C17H24N2O6S/c1-12(20)15(17(22)23)18-16(21)13-6-8-14(9-7-13)26(24,25)19-10-4-2-3-5-11-19/h6-9,12,15,20H,2-5,10-11H2,1H3,(H,18,21)(H,22,23)/t12-,15+/m0/s1. The number of benzene rings is 1. The van der Waals surface area contributed by atoms with Crippen molar-refractivity contribution < 1.29 is 28.2 Å². The van der Waals surface area contributed by atoms with Crippen molar-refractivity contribution in [1.29, 1.82) is 0 Å². The third-order valence-corrected chi connectivity index (χ3v) is 6.27. The van der Waals surface area contributed by atoms with Gasteiger partial charge in [0, 0.05) is 18.7 Å².